The predicted octanol–water partition coefficient (Wildman–Crippen LogP) is 14.8. The van der Waals surface area contributed by atoms with Crippen molar-refractivity contribution in [3.05, 3.63) is 0 Å². The van der Waals surface area contributed by atoms with E-state index in [0.29, 0.717) is 105 Å². The van der Waals surface area contributed by atoms with Crippen LogP contribution in [0, 0.1) is 23.2 Å². The van der Waals surface area contributed by atoms with Gasteiger partial charge < -0.3 is 86.5 Å². The van der Waals surface area contributed by atoms with Gasteiger partial charge in [0.05, 0.1) is 22.7 Å². The first-order valence-corrected chi connectivity index (χ1v) is 54.9. The van der Waals surface area contributed by atoms with Crippen molar-refractivity contribution in [2.24, 2.45) is 28.9 Å². The van der Waals surface area contributed by atoms with Gasteiger partial charge in [-0.05, 0) is 312 Å². The number of likely N-dealkylation sites (tertiary alicyclic amines) is 7. The third-order valence-electron chi connectivity index (χ3n) is 34.2. The molecular weight excluding hydrogens is 1750 g/mol. The number of alkyl carbamates (subject to hydrolysis) is 1. The first kappa shape index (κ1) is 120. The number of ether oxygens (including phenoxy) is 2. The topological polar surface area (TPSA) is 289 Å². The van der Waals surface area contributed by atoms with E-state index >= 15 is 0 Å². The maximum atomic E-state index is 13.2. The van der Waals surface area contributed by atoms with Crippen LogP contribution in [-0.2, 0) is 38.2 Å². The molecule has 138 heavy (non-hydrogen) atoms. The van der Waals surface area contributed by atoms with Crippen LogP contribution in [-0.4, -0.2) is 358 Å². The fourth-order valence-corrected chi connectivity index (χ4v) is 22.4. The molecule has 8 heterocycles. The molecule has 8 aliphatic heterocycles. The van der Waals surface area contributed by atoms with E-state index in [1.54, 1.807) is 7.11 Å². The number of aliphatic hydroxyl groups is 1. The van der Waals surface area contributed by atoms with Crippen molar-refractivity contribution < 1.29 is 61.3 Å². The molecule has 27 nitrogen and oxygen atoms in total. The molecule has 13 fully saturated rings. The first-order chi connectivity index (χ1) is 64.3. The van der Waals surface area contributed by atoms with Crippen molar-refractivity contribution in [3.8, 4) is 0 Å². The summed E-state index contributed by atoms with van der Waals surface area (Å²) in [6.07, 6.45) is 22.9. The first-order valence-electron chi connectivity index (χ1n) is 54.9. The quantitative estimate of drug-likeness (QED) is 0.0361. The minimum atomic E-state index is -4.44. The fourth-order valence-electron chi connectivity index (χ4n) is 22.4. The summed E-state index contributed by atoms with van der Waals surface area (Å²) in [4.78, 5) is 110. The molecule has 0 radical (unpaired) electrons. The standard InChI is InChI=1S/C19H38N4O.C17H33N3O.C15H25F3N2O.C15H29N3O.C15H28N2O2.C14H27NO2.C13H24N2O2/c1-6-21-11-13-22(14-12-21)15-19(20-18(24)16(2)3)7-9-23(10-8-19)17(4)5;1-14(2)20-12-10-16(3,11-13-20)18-15(21)17(19(4)5)8-6-7-9-17;1-11(2)20-9-7-13(3,8-10-20)19-12(21)14(5-4-6-14)15(16,17)18;1-12(2)18-10-8-14(3,9-11-18)17-13(19)15(16)6-4-5-7-15;1-12(2)17-10-8-15(3,9-11-17)16-14(18)19-13-6-4-5-7-13;1-10(2)6-13(16)7-12-8-15(11(3)4)9-14(12)17-5;1-10(2)15-8-6-12(3,7-9-15)14-11(16)13(17)4-5-13/h16-17H,6-15H2,1-5H3,(H,20,24);14H,6-13H2,1-5H3,(H,18,21);11H,4-10H2,1-3H3,(H,19,21);12H,4-11,16H2,1-3H3,(H,17,19);12-13H,4-11H2,1-3H3,(H,16,18);10-12,14H,6-9H2,1-5H3;10,17H,4-9H2,1-3H3,(H,14,16). The molecule has 6 amide bonds. The van der Waals surface area contributed by atoms with Crippen molar-refractivity contribution in [1.82, 2.24) is 80.9 Å². The number of piperazine rings is 1. The summed E-state index contributed by atoms with van der Waals surface area (Å²) in [5, 5.41) is 28.7. The van der Waals surface area contributed by atoms with E-state index in [9.17, 15) is 51.8 Å². The van der Waals surface area contributed by atoms with Crippen molar-refractivity contribution in [2.45, 2.75) is 476 Å². The van der Waals surface area contributed by atoms with Gasteiger partial charge in [-0.15, -0.1) is 0 Å². The largest absolute Gasteiger partial charge is 0.446 e. The number of carbonyl (C=O) groups excluding carboxylic acids is 7. The lowest BCUT2D eigenvalue weighted by atomic mass is 9.67. The summed E-state index contributed by atoms with van der Waals surface area (Å²) < 4.78 is 50.6. The molecule has 5 aliphatic carbocycles. The number of ketones is 1. The van der Waals surface area contributed by atoms with Gasteiger partial charge in [-0.1, -0.05) is 66.7 Å². The number of nitrogens with zero attached hydrogens (tertiary/aromatic N) is 10. The summed E-state index contributed by atoms with van der Waals surface area (Å²) >= 11 is 0. The molecule has 2 atom stereocenters. The van der Waals surface area contributed by atoms with Gasteiger partial charge >= 0.3 is 12.3 Å². The van der Waals surface area contributed by atoms with E-state index in [4.69, 9.17) is 15.2 Å². The van der Waals surface area contributed by atoms with Gasteiger partial charge in [0.25, 0.3) is 5.91 Å². The second-order valence-corrected chi connectivity index (χ2v) is 48.9. The van der Waals surface area contributed by atoms with Crippen LogP contribution < -0.4 is 37.6 Å². The second-order valence-electron chi connectivity index (χ2n) is 48.9. The third-order valence-corrected chi connectivity index (χ3v) is 34.2. The molecule has 0 aromatic carbocycles. The molecule has 0 bridgehead atoms. The van der Waals surface area contributed by atoms with Crippen LogP contribution in [0.3, 0.4) is 0 Å². The Balaban J connectivity index is 0.000000220. The normalized spacial score (nSPS) is 25.5. The lowest BCUT2D eigenvalue weighted by molar-refractivity contribution is -0.244. The Kier molecular flexibility index (Phi) is 46.5. The van der Waals surface area contributed by atoms with Crippen molar-refractivity contribution in [1.29, 1.82) is 0 Å². The number of likely N-dealkylation sites (N-methyl/N-ethyl adjacent to an activating group) is 2. The number of rotatable bonds is 28. The van der Waals surface area contributed by atoms with Crippen molar-refractivity contribution >= 4 is 41.4 Å². The van der Waals surface area contributed by atoms with E-state index in [1.807, 2.05) is 20.8 Å². The Hall–Kier alpha value is -4.44. The number of nitrogens with two attached hydrogens (primary N) is 1. The van der Waals surface area contributed by atoms with Crippen LogP contribution in [0.1, 0.15) is 365 Å². The average molecular weight is 1960 g/mol. The van der Waals surface area contributed by atoms with E-state index in [1.165, 1.54) is 25.7 Å². The highest BCUT2D eigenvalue weighted by Gasteiger charge is 2.64. The van der Waals surface area contributed by atoms with Crippen LogP contribution in [0.5, 0.6) is 0 Å². The molecule has 30 heteroatoms. The zero-order valence-corrected chi connectivity index (χ0v) is 92.3. The number of methoxy groups -OCH3 is 1. The minimum Gasteiger partial charge on any atom is -0.446 e. The van der Waals surface area contributed by atoms with Crippen molar-refractivity contribution in [3.63, 3.8) is 0 Å². The SMILES string of the molecule is CC(C)N1CCC(C)(NC(=O)C2(C(F)(F)F)CCC2)CC1.CC(C)N1CCC(C)(NC(=O)C2(N(C)C)CCCC2)CC1.CC(C)N1CCC(C)(NC(=O)C2(N)CCCC2)CC1.CC(C)N1CCC(C)(NC(=O)C2(O)CC2)CC1.CC(C)N1CCC(C)(NC(=O)OC2CCCC2)CC1.CCN1CCN(CC2(NC(=O)C(C)C)CCN(C(C)C)CC2)CC1.COC1CN(C(C)C)CC1CC(=O)CC(C)C. The van der Waals surface area contributed by atoms with Crippen LogP contribution in [0.25, 0.3) is 0 Å². The number of hydrogen-bond acceptors (Lipinski definition) is 21. The Labute approximate surface area is 836 Å². The molecule has 2 unspecified atom stereocenters. The van der Waals surface area contributed by atoms with Crippen molar-refractivity contribution in [2.75, 3.05) is 152 Å². The predicted molar refractivity (Wildman–Crippen MR) is 553 cm³/mol. The van der Waals surface area contributed by atoms with Gasteiger partial charge in [0.1, 0.15) is 22.9 Å². The van der Waals surface area contributed by atoms with Crippen LogP contribution in [0.2, 0.25) is 0 Å². The molecule has 0 aromatic heterocycles. The molecule has 0 spiro atoms. The van der Waals surface area contributed by atoms with Gasteiger partial charge in [-0.2, -0.15) is 13.2 Å². The number of nitrogens with one attached hydrogen (secondary N) is 6. The lowest BCUT2D eigenvalue weighted by Gasteiger charge is -2.47. The summed E-state index contributed by atoms with van der Waals surface area (Å²) in [5.41, 5.74) is 1.29. The fraction of sp³-hybridized carbons (Fsp3) is 0.935. The van der Waals surface area contributed by atoms with Crippen LogP contribution in [0.15, 0.2) is 0 Å². The number of carbonyl (C=O) groups is 7. The second kappa shape index (κ2) is 53.3. The van der Waals surface area contributed by atoms with E-state index in [-0.39, 0.29) is 93.9 Å². The van der Waals surface area contributed by atoms with Gasteiger partial charge in [0.15, 0.2) is 0 Å². The van der Waals surface area contributed by atoms with E-state index in [2.05, 4.69) is 240 Å². The van der Waals surface area contributed by atoms with E-state index in [0.717, 1.165) is 246 Å². The monoisotopic (exact) mass is 1960 g/mol. The smallest absolute Gasteiger partial charge is 0.407 e. The summed E-state index contributed by atoms with van der Waals surface area (Å²) in [5.74, 6) is 0.843. The minimum absolute atomic E-state index is 0.0337. The lowest BCUT2D eigenvalue weighted by Crippen LogP contribution is -2.63. The molecule has 9 N–H and O–H groups in total. The maximum absolute atomic E-state index is 13.2. The number of piperidine rings is 6. The van der Waals surface area contributed by atoms with Crippen LogP contribution in [0.4, 0.5) is 18.0 Å². The molecule has 13 rings (SSSR count). The van der Waals surface area contributed by atoms with Gasteiger partial charge in [0, 0.05) is 226 Å². The number of Topliss-reactive ketones (excluding diaryl/α,β-unsaturated/α-hetero) is 1. The molecule has 802 valence electrons. The highest BCUT2D eigenvalue weighted by atomic mass is 19.4. The van der Waals surface area contributed by atoms with Gasteiger partial charge in [-0.3, -0.25) is 43.5 Å². The number of alkyl halides is 3. The number of halogens is 3. The molecule has 0 aromatic rings. The highest BCUT2D eigenvalue weighted by Crippen LogP contribution is 2.54. The van der Waals surface area contributed by atoms with Gasteiger partial charge in [0.2, 0.25) is 23.6 Å². The Morgan fingerprint density at radius 1 is 0.413 bits per heavy atom. The zero-order chi connectivity index (χ0) is 103. The maximum Gasteiger partial charge on any atom is 0.407 e. The molecular formula is C108H204F3N17O10. The molecule has 13 aliphatic rings. The zero-order valence-electron chi connectivity index (χ0n) is 92.3. The van der Waals surface area contributed by atoms with Crippen LogP contribution >= 0.6 is 0 Å². The molecule has 5 saturated carbocycles. The average Bonchev–Trinajstić information content (AvgIpc) is 1.72. The Morgan fingerprint density at radius 2 is 0.761 bits per heavy atom. The van der Waals surface area contributed by atoms with E-state index < -0.39 is 34.2 Å². The summed E-state index contributed by atoms with van der Waals surface area (Å²) in [6.45, 7) is 72.8. The summed E-state index contributed by atoms with van der Waals surface area (Å²) in [7, 11) is 5.86. The molecule has 8 saturated heterocycles. The Bertz CT molecular complexity index is 3600. The summed E-state index contributed by atoms with van der Waals surface area (Å²) in [6, 6.07) is 3.93. The number of hydrogen-bond donors (Lipinski definition) is 8. The highest BCUT2D eigenvalue weighted by molar-refractivity contribution is 5.89. The number of amides is 6. The third kappa shape index (κ3) is 36.0. The van der Waals surface area contributed by atoms with Gasteiger partial charge in [-0.25, -0.2) is 4.79 Å². The Morgan fingerprint density at radius 3 is 1.09 bits per heavy atom.